The molecule has 0 aliphatic heterocycles. The van der Waals surface area contributed by atoms with E-state index in [1.807, 2.05) is 19.2 Å². The zero-order chi connectivity index (χ0) is 17.4. The number of anilines is 1. The minimum Gasteiger partial charge on any atom is -0.508 e. The fourth-order valence-corrected chi connectivity index (χ4v) is 3.08. The first-order valence-corrected chi connectivity index (χ1v) is 9.20. The quantitative estimate of drug-likeness (QED) is 0.627. The molecule has 132 valence electrons. The van der Waals surface area contributed by atoms with Crippen molar-refractivity contribution in [1.82, 2.24) is 9.88 Å². The van der Waals surface area contributed by atoms with E-state index in [-0.39, 0.29) is 0 Å². The summed E-state index contributed by atoms with van der Waals surface area (Å²) >= 11 is 0. The molecule has 0 bridgehead atoms. The first-order chi connectivity index (χ1) is 11.7. The van der Waals surface area contributed by atoms with Crippen LogP contribution in [0, 0.1) is 6.92 Å². The van der Waals surface area contributed by atoms with Crippen LogP contribution in [0.25, 0.3) is 10.9 Å². The summed E-state index contributed by atoms with van der Waals surface area (Å²) in [5, 5.41) is 14.4. The van der Waals surface area contributed by atoms with Gasteiger partial charge in [-0.2, -0.15) is 0 Å². The maximum atomic E-state index is 9.93. The van der Waals surface area contributed by atoms with Crippen LogP contribution in [0.3, 0.4) is 0 Å². The topological polar surface area (TPSA) is 48.4 Å². The number of phenolic OH excluding ortho intramolecular Hbond substituents is 1. The Kier molecular flexibility index (Phi) is 7.32. The second kappa shape index (κ2) is 9.48. The van der Waals surface area contributed by atoms with Gasteiger partial charge < -0.3 is 15.3 Å². The van der Waals surface area contributed by atoms with Crippen molar-refractivity contribution in [2.24, 2.45) is 0 Å². The largest absolute Gasteiger partial charge is 0.508 e. The molecule has 2 rings (SSSR count). The van der Waals surface area contributed by atoms with Crippen LogP contribution in [0.4, 0.5) is 5.69 Å². The number of fused-ring (bicyclic) bond motifs is 1. The smallest absolute Gasteiger partial charge is 0.118 e. The van der Waals surface area contributed by atoms with Crippen LogP contribution in [0.15, 0.2) is 24.4 Å². The van der Waals surface area contributed by atoms with E-state index in [0.29, 0.717) is 5.75 Å². The molecule has 24 heavy (non-hydrogen) atoms. The van der Waals surface area contributed by atoms with Crippen molar-refractivity contribution in [1.29, 1.82) is 0 Å². The minimum absolute atomic E-state index is 0.292. The van der Waals surface area contributed by atoms with E-state index in [0.717, 1.165) is 48.2 Å². The highest BCUT2D eigenvalue weighted by molar-refractivity contribution is 5.93. The van der Waals surface area contributed by atoms with Gasteiger partial charge in [0, 0.05) is 24.2 Å². The highest BCUT2D eigenvalue weighted by Gasteiger charge is 2.06. The number of nitrogens with one attached hydrogen (secondary N) is 1. The number of pyridine rings is 1. The van der Waals surface area contributed by atoms with Gasteiger partial charge in [0.15, 0.2) is 0 Å². The Morgan fingerprint density at radius 3 is 2.58 bits per heavy atom. The molecule has 0 fully saturated rings. The van der Waals surface area contributed by atoms with Gasteiger partial charge in [0.25, 0.3) is 0 Å². The summed E-state index contributed by atoms with van der Waals surface area (Å²) in [6, 6.07) is 5.53. The van der Waals surface area contributed by atoms with Crippen molar-refractivity contribution in [2.45, 2.75) is 46.5 Å². The van der Waals surface area contributed by atoms with Crippen molar-refractivity contribution in [3.05, 3.63) is 30.0 Å². The maximum Gasteiger partial charge on any atom is 0.118 e. The molecule has 0 aliphatic carbocycles. The Morgan fingerprint density at radius 2 is 1.83 bits per heavy atom. The number of benzene rings is 1. The normalized spacial score (nSPS) is 11.3. The van der Waals surface area contributed by atoms with Gasteiger partial charge in [-0.05, 0) is 57.1 Å². The minimum atomic E-state index is 0.292. The van der Waals surface area contributed by atoms with E-state index in [1.165, 1.54) is 25.8 Å². The highest BCUT2D eigenvalue weighted by atomic mass is 16.3. The third kappa shape index (κ3) is 5.10. The molecule has 1 aromatic heterocycles. The number of rotatable bonds is 10. The molecule has 2 aromatic rings. The number of phenols is 1. The Labute approximate surface area is 145 Å². The van der Waals surface area contributed by atoms with E-state index >= 15 is 0 Å². The maximum absolute atomic E-state index is 9.93. The van der Waals surface area contributed by atoms with Crippen LogP contribution in [0.5, 0.6) is 5.75 Å². The summed E-state index contributed by atoms with van der Waals surface area (Å²) in [6.07, 6.45) is 6.75. The predicted molar refractivity (Wildman–Crippen MR) is 103 cm³/mol. The van der Waals surface area contributed by atoms with Crippen molar-refractivity contribution in [2.75, 3.05) is 31.5 Å². The number of aromatic hydroxyl groups is 1. The van der Waals surface area contributed by atoms with Gasteiger partial charge >= 0.3 is 0 Å². The van der Waals surface area contributed by atoms with Gasteiger partial charge in [-0.15, -0.1) is 0 Å². The number of hydrogen-bond donors (Lipinski definition) is 2. The monoisotopic (exact) mass is 329 g/mol. The highest BCUT2D eigenvalue weighted by Crippen LogP contribution is 2.29. The molecule has 0 amide bonds. The van der Waals surface area contributed by atoms with Crippen LogP contribution >= 0.6 is 0 Å². The number of unbranched alkanes of at least 4 members (excludes halogenated alkanes) is 3. The van der Waals surface area contributed by atoms with Gasteiger partial charge in [-0.3, -0.25) is 4.98 Å². The Hall–Kier alpha value is -1.81. The van der Waals surface area contributed by atoms with Gasteiger partial charge in [-0.1, -0.05) is 26.7 Å². The molecule has 0 saturated carbocycles. The molecule has 4 heteroatoms. The fraction of sp³-hybridized carbons (Fsp3) is 0.550. The Balaban J connectivity index is 1.79. The lowest BCUT2D eigenvalue weighted by Gasteiger charge is -2.17. The predicted octanol–water partition coefficient (Wildman–Crippen LogP) is 4.56. The summed E-state index contributed by atoms with van der Waals surface area (Å²) in [4.78, 5) is 6.95. The third-order valence-electron chi connectivity index (χ3n) is 4.66. The fourth-order valence-electron chi connectivity index (χ4n) is 3.08. The van der Waals surface area contributed by atoms with Gasteiger partial charge in [0.05, 0.1) is 11.2 Å². The van der Waals surface area contributed by atoms with Crippen LogP contribution in [-0.2, 0) is 0 Å². The molecular weight excluding hydrogens is 298 g/mol. The summed E-state index contributed by atoms with van der Waals surface area (Å²) in [5.74, 6) is 0.292. The van der Waals surface area contributed by atoms with Crippen LogP contribution < -0.4 is 5.32 Å². The average molecular weight is 329 g/mol. The molecular formula is C20H31N3O. The van der Waals surface area contributed by atoms with E-state index in [9.17, 15) is 5.11 Å². The van der Waals surface area contributed by atoms with Crippen molar-refractivity contribution < 1.29 is 5.11 Å². The lowest BCUT2D eigenvalue weighted by atomic mass is 10.1. The van der Waals surface area contributed by atoms with Crippen LogP contribution in [-0.4, -0.2) is 41.2 Å². The lowest BCUT2D eigenvalue weighted by molar-refractivity contribution is 0.295. The van der Waals surface area contributed by atoms with Crippen molar-refractivity contribution >= 4 is 16.6 Å². The van der Waals surface area contributed by atoms with E-state index in [2.05, 4.69) is 29.0 Å². The molecule has 0 spiro atoms. The van der Waals surface area contributed by atoms with E-state index in [1.54, 1.807) is 12.1 Å². The van der Waals surface area contributed by atoms with Gasteiger partial charge in [-0.25, -0.2) is 0 Å². The summed E-state index contributed by atoms with van der Waals surface area (Å²) < 4.78 is 0. The molecule has 0 saturated heterocycles. The van der Waals surface area contributed by atoms with Crippen LogP contribution in [0.2, 0.25) is 0 Å². The zero-order valence-corrected chi connectivity index (χ0v) is 15.3. The van der Waals surface area contributed by atoms with Crippen molar-refractivity contribution in [3.63, 3.8) is 0 Å². The first-order valence-electron chi connectivity index (χ1n) is 9.20. The molecule has 0 unspecified atom stereocenters. The Bertz CT molecular complexity index is 638. The molecule has 0 atom stereocenters. The number of aromatic nitrogens is 1. The van der Waals surface area contributed by atoms with Crippen LogP contribution in [0.1, 0.15) is 45.1 Å². The SMILES string of the molecule is CCN(CC)CCCCCCNc1cc(O)cc2c(C)ccnc12. The standard InChI is InChI=1S/C20H31N3O/c1-4-23(5-2)13-9-7-6-8-11-21-19-15-17(24)14-18-16(3)10-12-22-20(18)19/h10,12,14-15,21,24H,4-9,11,13H2,1-3H3. The first kappa shape index (κ1) is 18.5. The van der Waals surface area contributed by atoms with E-state index in [4.69, 9.17) is 0 Å². The number of aryl methyl sites for hydroxylation is 1. The summed E-state index contributed by atoms with van der Waals surface area (Å²) in [7, 11) is 0. The second-order valence-electron chi connectivity index (χ2n) is 6.39. The molecule has 2 N–H and O–H groups in total. The number of nitrogens with zero attached hydrogens (tertiary/aromatic N) is 2. The van der Waals surface area contributed by atoms with Gasteiger partial charge in [0.1, 0.15) is 5.75 Å². The van der Waals surface area contributed by atoms with Crippen molar-refractivity contribution in [3.8, 4) is 5.75 Å². The lowest BCUT2D eigenvalue weighted by Crippen LogP contribution is -2.23. The molecule has 4 nitrogen and oxygen atoms in total. The average Bonchev–Trinajstić information content (AvgIpc) is 2.58. The molecule has 1 heterocycles. The van der Waals surface area contributed by atoms with E-state index < -0.39 is 0 Å². The summed E-state index contributed by atoms with van der Waals surface area (Å²) in [5.41, 5.74) is 3.00. The molecule has 0 aliphatic rings. The number of hydrogen-bond acceptors (Lipinski definition) is 4. The zero-order valence-electron chi connectivity index (χ0n) is 15.3. The van der Waals surface area contributed by atoms with Gasteiger partial charge in [0.2, 0.25) is 0 Å². The second-order valence-corrected chi connectivity index (χ2v) is 6.39. The molecule has 1 aromatic carbocycles. The molecule has 0 radical (unpaired) electrons. The third-order valence-corrected chi connectivity index (χ3v) is 4.66. The summed E-state index contributed by atoms with van der Waals surface area (Å²) in [6.45, 7) is 10.9. The Morgan fingerprint density at radius 1 is 1.08 bits per heavy atom.